The zero-order valence-corrected chi connectivity index (χ0v) is 26.7. The number of rotatable bonds is 14. The number of hydrogen-bond donors (Lipinski definition) is 3. The Hall–Kier alpha value is -3.98. The number of aliphatic hydroxyl groups is 2. The van der Waals surface area contributed by atoms with Crippen molar-refractivity contribution in [1.29, 1.82) is 0 Å². The molecule has 10 nitrogen and oxygen atoms in total. The van der Waals surface area contributed by atoms with E-state index in [0.29, 0.717) is 12.0 Å². The molecule has 14 heteroatoms. The van der Waals surface area contributed by atoms with E-state index in [0.717, 1.165) is 33.0 Å². The number of aliphatic hydroxyl groups excluding tert-OH is 2. The molecular formula is C33H38F3N3O7S. The van der Waals surface area contributed by atoms with Gasteiger partial charge in [0.15, 0.2) is 6.10 Å². The van der Waals surface area contributed by atoms with Crippen LogP contribution in [0.1, 0.15) is 37.0 Å². The minimum absolute atomic E-state index is 0.0265. The highest BCUT2D eigenvalue weighted by Crippen LogP contribution is 2.33. The number of hydrogen-bond acceptors (Lipinski definition) is 7. The molecule has 1 heterocycles. The molecule has 1 fully saturated rings. The summed E-state index contributed by atoms with van der Waals surface area (Å²) in [6.07, 6.45) is -7.74. The molecule has 0 aliphatic carbocycles. The zero-order chi connectivity index (χ0) is 34.4. The van der Waals surface area contributed by atoms with Crippen molar-refractivity contribution in [3.8, 4) is 0 Å². The Bertz CT molecular complexity index is 1620. The molecule has 3 N–H and O–H groups in total. The molecule has 0 aromatic heterocycles. The highest BCUT2D eigenvalue weighted by molar-refractivity contribution is 7.89. The zero-order valence-electron chi connectivity index (χ0n) is 25.9. The van der Waals surface area contributed by atoms with Crippen molar-refractivity contribution in [3.63, 3.8) is 0 Å². The van der Waals surface area contributed by atoms with Gasteiger partial charge in [-0.25, -0.2) is 13.2 Å². The van der Waals surface area contributed by atoms with Crippen molar-refractivity contribution >= 4 is 27.7 Å². The lowest BCUT2D eigenvalue weighted by Gasteiger charge is -2.31. The molecule has 254 valence electrons. The fraction of sp³-hybridized carbons (Fsp3) is 0.394. The molecule has 4 rings (SSSR count). The van der Waals surface area contributed by atoms with E-state index in [2.05, 4.69) is 5.32 Å². The van der Waals surface area contributed by atoms with Crippen molar-refractivity contribution in [3.05, 3.63) is 95.6 Å². The Labute approximate surface area is 271 Å². The Morgan fingerprint density at radius 3 is 2.34 bits per heavy atom. The van der Waals surface area contributed by atoms with Crippen molar-refractivity contribution in [2.24, 2.45) is 5.92 Å². The van der Waals surface area contributed by atoms with Crippen LogP contribution in [0.3, 0.4) is 0 Å². The third-order valence-corrected chi connectivity index (χ3v) is 9.87. The Morgan fingerprint density at radius 1 is 1.04 bits per heavy atom. The number of sulfonamides is 1. The maximum absolute atomic E-state index is 13.8. The third-order valence-electron chi connectivity index (χ3n) is 8.03. The summed E-state index contributed by atoms with van der Waals surface area (Å²) in [5.74, 6) is -0.876. The van der Waals surface area contributed by atoms with Crippen LogP contribution in [0.15, 0.2) is 83.8 Å². The molecule has 2 amide bonds. The molecular weight excluding hydrogens is 639 g/mol. The van der Waals surface area contributed by atoms with E-state index in [1.807, 2.05) is 13.8 Å². The highest BCUT2D eigenvalue weighted by Gasteiger charge is 2.40. The Balaban J connectivity index is 1.56. The summed E-state index contributed by atoms with van der Waals surface area (Å²) in [7, 11) is -4.11. The van der Waals surface area contributed by atoms with Gasteiger partial charge in [0.05, 0.1) is 35.8 Å². The van der Waals surface area contributed by atoms with Gasteiger partial charge in [0, 0.05) is 18.8 Å². The highest BCUT2D eigenvalue weighted by atomic mass is 32.2. The largest absolute Gasteiger partial charge is 0.434 e. The van der Waals surface area contributed by atoms with E-state index in [-0.39, 0.29) is 49.2 Å². The van der Waals surface area contributed by atoms with Crippen molar-refractivity contribution in [1.82, 2.24) is 9.62 Å². The average molecular weight is 678 g/mol. The standard InChI is InChI=1S/C33H38F3N3O7S/c1-3-22(2)18-38(47(44,45)27-14-12-24(21-40)13-15-27)19-29(41)28(16-23-8-5-4-6-9-23)37-31(42)30-20-39(32(43)46-30)26-11-7-10-25(17-26)33(34,35)36/h4-15,17,22,28-30,40-41H,3,16,18-21H2,1-2H3,(H,37,42)/t22-,28-,29+,30-/m0/s1. The normalized spacial score (nSPS) is 17.3. The van der Waals surface area contributed by atoms with Gasteiger partial charge in [-0.15, -0.1) is 0 Å². The second kappa shape index (κ2) is 15.3. The first kappa shape index (κ1) is 35.9. The van der Waals surface area contributed by atoms with Crippen LogP contribution in [0.5, 0.6) is 0 Å². The lowest BCUT2D eigenvalue weighted by atomic mass is 10.0. The van der Waals surface area contributed by atoms with E-state index in [1.165, 1.54) is 30.3 Å². The number of nitrogens with zero attached hydrogens (tertiary/aromatic N) is 2. The summed E-state index contributed by atoms with van der Waals surface area (Å²) in [4.78, 5) is 27.0. The number of carbonyl (C=O) groups is 2. The monoisotopic (exact) mass is 677 g/mol. The SMILES string of the molecule is CC[C@H](C)CN(C[C@@H](O)[C@H](Cc1ccccc1)NC(=O)[C@@H]1CN(c2cccc(C(F)(F)F)c2)C(=O)O1)S(=O)(=O)c1ccc(CO)cc1. The number of benzene rings is 3. The predicted molar refractivity (Wildman–Crippen MR) is 168 cm³/mol. The van der Waals surface area contributed by atoms with Gasteiger partial charge >= 0.3 is 12.3 Å². The van der Waals surface area contributed by atoms with Crippen LogP contribution in [-0.2, 0) is 38.8 Å². The first-order chi connectivity index (χ1) is 22.2. The maximum atomic E-state index is 13.8. The third kappa shape index (κ3) is 9.10. The van der Waals surface area contributed by atoms with Crippen molar-refractivity contribution in [2.45, 2.75) is 62.6 Å². The molecule has 47 heavy (non-hydrogen) atoms. The summed E-state index contributed by atoms with van der Waals surface area (Å²) in [5, 5.41) is 23.6. The summed E-state index contributed by atoms with van der Waals surface area (Å²) >= 11 is 0. The lowest BCUT2D eigenvalue weighted by molar-refractivity contribution is -0.137. The van der Waals surface area contributed by atoms with Gasteiger partial charge < -0.3 is 20.3 Å². The van der Waals surface area contributed by atoms with Crippen molar-refractivity contribution in [2.75, 3.05) is 24.5 Å². The molecule has 1 saturated heterocycles. The van der Waals surface area contributed by atoms with Gasteiger partial charge in [-0.1, -0.05) is 68.8 Å². The Kier molecular flexibility index (Phi) is 11.7. The Morgan fingerprint density at radius 2 is 1.72 bits per heavy atom. The van der Waals surface area contributed by atoms with Crippen LogP contribution in [0.2, 0.25) is 0 Å². The van der Waals surface area contributed by atoms with Gasteiger partial charge in [0.25, 0.3) is 5.91 Å². The fourth-order valence-electron chi connectivity index (χ4n) is 5.09. The molecule has 4 atom stereocenters. The maximum Gasteiger partial charge on any atom is 0.416 e. The first-order valence-corrected chi connectivity index (χ1v) is 16.5. The van der Waals surface area contributed by atoms with Gasteiger partial charge in [-0.3, -0.25) is 9.69 Å². The molecule has 0 unspecified atom stereocenters. The number of cyclic esters (lactones) is 1. The van der Waals surface area contributed by atoms with Gasteiger partial charge in [0.2, 0.25) is 10.0 Å². The van der Waals surface area contributed by atoms with Crippen molar-refractivity contribution < 1.29 is 46.1 Å². The molecule has 0 spiro atoms. The molecule has 0 radical (unpaired) electrons. The van der Waals surface area contributed by atoms with E-state index >= 15 is 0 Å². The molecule has 0 saturated carbocycles. The molecule has 3 aromatic carbocycles. The van der Waals surface area contributed by atoms with Gasteiger partial charge in [0.1, 0.15) is 0 Å². The quantitative estimate of drug-likeness (QED) is 0.231. The van der Waals surface area contributed by atoms with Crippen LogP contribution in [0.25, 0.3) is 0 Å². The van der Waals surface area contributed by atoms with Gasteiger partial charge in [-0.05, 0) is 53.8 Å². The summed E-state index contributed by atoms with van der Waals surface area (Å²) in [6, 6.07) is 17.7. The number of nitrogens with one attached hydrogen (secondary N) is 1. The van der Waals surface area contributed by atoms with Crippen LogP contribution < -0.4 is 10.2 Å². The number of carbonyl (C=O) groups excluding carboxylic acids is 2. The predicted octanol–water partition coefficient (Wildman–Crippen LogP) is 4.35. The van der Waals surface area contributed by atoms with Crippen LogP contribution >= 0.6 is 0 Å². The number of halogens is 3. The van der Waals surface area contributed by atoms with E-state index in [9.17, 15) is 41.4 Å². The fourth-order valence-corrected chi connectivity index (χ4v) is 6.66. The number of anilines is 1. The van der Waals surface area contributed by atoms with E-state index in [1.54, 1.807) is 30.3 Å². The molecule has 1 aliphatic rings. The average Bonchev–Trinajstić information content (AvgIpc) is 3.45. The van der Waals surface area contributed by atoms with E-state index in [4.69, 9.17) is 4.74 Å². The topological polar surface area (TPSA) is 136 Å². The number of ether oxygens (including phenoxy) is 1. The van der Waals surface area contributed by atoms with Crippen LogP contribution in [0.4, 0.5) is 23.7 Å². The van der Waals surface area contributed by atoms with Crippen LogP contribution in [0, 0.1) is 5.92 Å². The lowest BCUT2D eigenvalue weighted by Crippen LogP contribution is -2.53. The van der Waals surface area contributed by atoms with Crippen LogP contribution in [-0.4, -0.2) is 72.8 Å². The minimum Gasteiger partial charge on any atom is -0.434 e. The molecule has 3 aromatic rings. The van der Waals surface area contributed by atoms with E-state index < -0.39 is 52.0 Å². The number of amides is 2. The minimum atomic E-state index is -4.64. The molecule has 0 bridgehead atoms. The summed E-state index contributed by atoms with van der Waals surface area (Å²) < 4.78 is 73.7. The second-order valence-corrected chi connectivity index (χ2v) is 13.5. The second-order valence-electron chi connectivity index (χ2n) is 11.5. The number of alkyl halides is 3. The molecule has 1 aliphatic heterocycles. The first-order valence-electron chi connectivity index (χ1n) is 15.1. The van der Waals surface area contributed by atoms with Gasteiger partial charge in [-0.2, -0.15) is 17.5 Å². The smallest absolute Gasteiger partial charge is 0.416 e. The summed E-state index contributed by atoms with van der Waals surface area (Å²) in [6.45, 7) is 2.84. The summed E-state index contributed by atoms with van der Waals surface area (Å²) in [5.41, 5.74) is 0.186.